The number of thiazole rings is 2. The van der Waals surface area contributed by atoms with Gasteiger partial charge in [-0.05, 0) is 56.4 Å². The number of benzene rings is 4. The number of likely N-dealkylation sites (N-methyl/N-ethyl adjacent to an activating group) is 1. The van der Waals surface area contributed by atoms with Crippen LogP contribution >= 0.6 is 22.7 Å². The van der Waals surface area contributed by atoms with Gasteiger partial charge in [-0.2, -0.15) is 9.97 Å². The quantitative estimate of drug-likeness (QED) is 0.130. The number of aromatic carboxylic acids is 1. The van der Waals surface area contributed by atoms with Crippen LogP contribution < -0.4 is 0 Å². The van der Waals surface area contributed by atoms with Crippen LogP contribution in [0.5, 0.6) is 0 Å². The first-order chi connectivity index (χ1) is 33.0. The van der Waals surface area contributed by atoms with Crippen LogP contribution in [-0.2, 0) is 20.3 Å². The van der Waals surface area contributed by atoms with E-state index in [0.29, 0.717) is 54.3 Å². The fourth-order valence-corrected chi connectivity index (χ4v) is 10.6. The summed E-state index contributed by atoms with van der Waals surface area (Å²) in [4.78, 5) is 44.2. The third-order valence-corrected chi connectivity index (χ3v) is 14.5. The summed E-state index contributed by atoms with van der Waals surface area (Å²) >= 11 is 3.48. The molecule has 8 aromatic rings. The molecule has 2 aliphatic rings. The lowest BCUT2D eigenvalue weighted by molar-refractivity contribution is 0.0345. The molecule has 2 fully saturated rings. The number of amides is 1. The summed E-state index contributed by atoms with van der Waals surface area (Å²) in [6.07, 6.45) is 5.01. The molecule has 16 heteroatoms. The molecule has 4 aromatic heterocycles. The second kappa shape index (κ2) is 21.9. The highest BCUT2D eigenvalue weighted by Gasteiger charge is 2.40. The van der Waals surface area contributed by atoms with Gasteiger partial charge in [0.2, 0.25) is 23.4 Å². The number of carboxylic acid groups (broad SMARTS) is 1. The van der Waals surface area contributed by atoms with Gasteiger partial charge in [0, 0.05) is 103 Å². The molecule has 2 aliphatic heterocycles. The third kappa shape index (κ3) is 11.3. The van der Waals surface area contributed by atoms with Crippen LogP contribution in [0.2, 0.25) is 0 Å². The lowest BCUT2D eigenvalue weighted by Crippen LogP contribution is -2.45. The van der Waals surface area contributed by atoms with Crippen molar-refractivity contribution < 1.29 is 33.2 Å². The molecule has 0 unspecified atom stereocenters. The molecule has 68 heavy (non-hydrogen) atoms. The van der Waals surface area contributed by atoms with E-state index in [-0.39, 0.29) is 22.3 Å². The average Bonchev–Trinajstić information content (AvgIpc) is 4.25. The van der Waals surface area contributed by atoms with Crippen molar-refractivity contribution in [1.29, 1.82) is 0 Å². The summed E-state index contributed by atoms with van der Waals surface area (Å²) < 4.78 is 21.1. The minimum absolute atomic E-state index is 0.0484. The second-order valence-corrected chi connectivity index (χ2v) is 18.6. The third-order valence-electron chi connectivity index (χ3n) is 12.3. The first-order valence-electron chi connectivity index (χ1n) is 22.5. The summed E-state index contributed by atoms with van der Waals surface area (Å²) in [5, 5.41) is 23.1. The minimum Gasteiger partial charge on any atom is -0.478 e. The number of carboxylic acids is 1. The fraction of sp³-hybridized carbons (Fsp3) is 0.308. The lowest BCUT2D eigenvalue weighted by Gasteiger charge is -2.38. The molecule has 0 saturated carbocycles. The van der Waals surface area contributed by atoms with Crippen molar-refractivity contribution in [1.82, 2.24) is 35.1 Å². The predicted octanol–water partition coefficient (Wildman–Crippen LogP) is 11.0. The minimum atomic E-state index is -0.975. The van der Waals surface area contributed by atoms with Gasteiger partial charge in [0.05, 0.1) is 22.0 Å². The van der Waals surface area contributed by atoms with Crippen LogP contribution in [0.1, 0.15) is 81.5 Å². The van der Waals surface area contributed by atoms with Gasteiger partial charge in [-0.1, -0.05) is 102 Å². The van der Waals surface area contributed by atoms with Crippen LogP contribution in [0.25, 0.3) is 45.3 Å². The zero-order valence-corrected chi connectivity index (χ0v) is 40.1. The van der Waals surface area contributed by atoms with Gasteiger partial charge in [0.25, 0.3) is 5.91 Å². The van der Waals surface area contributed by atoms with Gasteiger partial charge in [0.15, 0.2) is 0 Å². The molecule has 4 aromatic carbocycles. The Balaban J connectivity index is 0.000000154. The van der Waals surface area contributed by atoms with Crippen LogP contribution in [0.3, 0.4) is 0 Å². The van der Waals surface area contributed by atoms with E-state index in [0.717, 1.165) is 72.8 Å². The first kappa shape index (κ1) is 47.8. The Morgan fingerprint density at radius 1 is 0.603 bits per heavy atom. The van der Waals surface area contributed by atoms with Crippen molar-refractivity contribution >= 4 is 34.6 Å². The molecule has 0 spiro atoms. The Bertz CT molecular complexity index is 2900. The van der Waals surface area contributed by atoms with Crippen LogP contribution in [0, 0.1) is 13.8 Å². The highest BCUT2D eigenvalue weighted by Crippen LogP contribution is 2.41. The highest BCUT2D eigenvalue weighted by atomic mass is 32.1. The molecule has 2 saturated heterocycles. The molecule has 6 heterocycles. The van der Waals surface area contributed by atoms with E-state index >= 15 is 0 Å². The monoisotopic (exact) mass is 951 g/mol. The lowest BCUT2D eigenvalue weighted by atomic mass is 9.78. The fourth-order valence-electron chi connectivity index (χ4n) is 8.36. The van der Waals surface area contributed by atoms with E-state index in [1.54, 1.807) is 42.2 Å². The largest absolute Gasteiger partial charge is 0.478 e. The van der Waals surface area contributed by atoms with Crippen molar-refractivity contribution in [3.8, 4) is 45.3 Å². The molecule has 14 nitrogen and oxygen atoms in total. The molecule has 0 aliphatic carbocycles. The van der Waals surface area contributed by atoms with E-state index in [2.05, 4.69) is 74.4 Å². The molecular weight excluding hydrogens is 899 g/mol. The van der Waals surface area contributed by atoms with Crippen molar-refractivity contribution in [2.24, 2.45) is 0 Å². The Hall–Kier alpha value is -6.72. The zero-order chi connectivity index (χ0) is 47.5. The Kier molecular flexibility index (Phi) is 15.4. The summed E-state index contributed by atoms with van der Waals surface area (Å²) in [5.74, 6) is 0.793. The second-order valence-electron chi connectivity index (χ2n) is 16.8. The summed E-state index contributed by atoms with van der Waals surface area (Å²) in [6, 6.07) is 34.4. The average molecular weight is 952 g/mol. The van der Waals surface area contributed by atoms with Crippen molar-refractivity contribution in [3.05, 3.63) is 153 Å². The molecule has 0 atom stereocenters. The van der Waals surface area contributed by atoms with Crippen molar-refractivity contribution in [2.45, 2.75) is 63.7 Å². The topological polar surface area (TPSA) is 180 Å². The number of nitrogens with zero attached hydrogens (tertiary/aromatic N) is 7. The number of carbonyl (C=O) groups is 2. The van der Waals surface area contributed by atoms with Crippen molar-refractivity contribution in [3.63, 3.8) is 0 Å². The van der Waals surface area contributed by atoms with Gasteiger partial charge in [-0.15, -0.1) is 22.7 Å². The Morgan fingerprint density at radius 2 is 1.04 bits per heavy atom. The SMILES string of the molecule is CCC1(c2nc(-c3ccccc3)cs2)CCOCC1.Cc1nc(-c2cccc(C(=O)N(C)CC3(c4nc(-c5ccccc5)cs4)CCOCC3)c2)no1.Cc1nc(-c2cccc(C(=O)O)c2)no1. The summed E-state index contributed by atoms with van der Waals surface area (Å²) in [6.45, 7) is 9.33. The van der Waals surface area contributed by atoms with Gasteiger partial charge >= 0.3 is 5.97 Å². The number of rotatable bonds is 11. The van der Waals surface area contributed by atoms with E-state index in [1.165, 1.54) is 22.7 Å². The van der Waals surface area contributed by atoms with Gasteiger partial charge in [0.1, 0.15) is 5.01 Å². The maximum absolute atomic E-state index is 13.4. The molecule has 1 amide bonds. The van der Waals surface area contributed by atoms with Crippen LogP contribution in [0.15, 0.2) is 129 Å². The van der Waals surface area contributed by atoms with E-state index in [4.69, 9.17) is 33.6 Å². The predicted molar refractivity (Wildman–Crippen MR) is 262 cm³/mol. The van der Waals surface area contributed by atoms with Crippen molar-refractivity contribution in [2.75, 3.05) is 40.0 Å². The first-order valence-corrected chi connectivity index (χ1v) is 24.3. The maximum Gasteiger partial charge on any atom is 0.335 e. The van der Waals surface area contributed by atoms with Crippen LogP contribution in [-0.4, -0.2) is 92.2 Å². The highest BCUT2D eigenvalue weighted by molar-refractivity contribution is 7.10. The Morgan fingerprint density at radius 3 is 1.50 bits per heavy atom. The number of ether oxygens (including phenoxy) is 2. The molecular formula is C52H53N7O7S2. The molecule has 0 bridgehead atoms. The molecule has 350 valence electrons. The van der Waals surface area contributed by atoms with Crippen LogP contribution in [0.4, 0.5) is 0 Å². The number of hydrogen-bond donors (Lipinski definition) is 1. The standard InChI is InChI=1S/C26H26N4O3S.C16H19NOS.C10H8N2O3/c1-18-27-23(29-33-18)20-9-6-10-21(15-20)24(31)30(2)17-26(11-13-32-14-12-26)25-28-22(16-34-25)19-7-4-3-5-8-19;1-2-16(8-10-18-11-9-16)15-17-14(12-19-15)13-6-4-3-5-7-13;1-6-11-9(12-15-6)7-3-2-4-8(5-7)10(13)14/h3-10,15-16H,11-14,17H2,1-2H3;3-7,12H,2,8-11H2,1H3;2-5H,1H3,(H,13,14). The normalized spacial score (nSPS) is 15.0. The van der Waals surface area contributed by atoms with E-state index in [1.807, 2.05) is 66.9 Å². The summed E-state index contributed by atoms with van der Waals surface area (Å²) in [5.41, 5.74) is 6.59. The van der Waals surface area contributed by atoms with Gasteiger partial charge in [-0.25, -0.2) is 14.8 Å². The van der Waals surface area contributed by atoms with Gasteiger partial charge in [-0.3, -0.25) is 4.79 Å². The molecule has 10 rings (SSSR count). The van der Waals surface area contributed by atoms with E-state index < -0.39 is 5.97 Å². The maximum atomic E-state index is 13.4. The molecule has 1 N–H and O–H groups in total. The van der Waals surface area contributed by atoms with E-state index in [9.17, 15) is 9.59 Å². The number of aromatic nitrogens is 6. The number of carbonyl (C=O) groups excluding carboxylic acids is 1. The Labute approximate surface area is 403 Å². The number of aryl methyl sites for hydroxylation is 2. The summed E-state index contributed by atoms with van der Waals surface area (Å²) in [7, 11) is 1.86. The smallest absolute Gasteiger partial charge is 0.335 e. The van der Waals surface area contributed by atoms with Gasteiger partial charge < -0.3 is 28.5 Å². The molecule has 0 radical (unpaired) electrons. The zero-order valence-electron chi connectivity index (χ0n) is 38.5. The number of hydrogen-bond acceptors (Lipinski definition) is 14.